The third-order valence-electron chi connectivity index (χ3n) is 3.03. The molecular formula is C14H26. The van der Waals surface area contributed by atoms with Crippen molar-refractivity contribution in [3.63, 3.8) is 0 Å². The van der Waals surface area contributed by atoms with Crippen molar-refractivity contribution in [1.82, 2.24) is 0 Å². The first-order valence-electron chi connectivity index (χ1n) is 6.18. The summed E-state index contributed by atoms with van der Waals surface area (Å²) in [6.07, 6.45) is 14.2. The minimum Gasteiger partial charge on any atom is -0.120 e. The van der Waals surface area contributed by atoms with Gasteiger partial charge in [-0.1, -0.05) is 40.0 Å². The third kappa shape index (κ3) is 7.01. The standard InChI is InChI=1S/C14H26/c1-5-8-9-11-14(7-3)12-13(4)10-6-2/h1,13-14H,6-12H2,2-4H3. The number of terminal acetylenes is 1. The van der Waals surface area contributed by atoms with Gasteiger partial charge >= 0.3 is 0 Å². The normalized spacial score (nSPS) is 14.7. The van der Waals surface area contributed by atoms with Crippen LogP contribution in [-0.4, -0.2) is 0 Å². The fourth-order valence-electron chi connectivity index (χ4n) is 2.16. The highest BCUT2D eigenvalue weighted by atomic mass is 14.2. The predicted octanol–water partition coefficient (Wildman–Crippen LogP) is 4.64. The van der Waals surface area contributed by atoms with Gasteiger partial charge in [0.15, 0.2) is 0 Å². The van der Waals surface area contributed by atoms with Crippen molar-refractivity contribution in [3.05, 3.63) is 0 Å². The maximum atomic E-state index is 5.26. The van der Waals surface area contributed by atoms with Gasteiger partial charge in [0, 0.05) is 6.42 Å². The van der Waals surface area contributed by atoms with Crippen LogP contribution in [0.1, 0.15) is 65.7 Å². The van der Waals surface area contributed by atoms with Crippen LogP contribution >= 0.6 is 0 Å². The molecule has 0 saturated heterocycles. The summed E-state index contributed by atoms with van der Waals surface area (Å²) in [6.45, 7) is 6.96. The Morgan fingerprint density at radius 2 is 1.93 bits per heavy atom. The molecule has 2 atom stereocenters. The van der Waals surface area contributed by atoms with Crippen LogP contribution in [0.25, 0.3) is 0 Å². The first kappa shape index (κ1) is 13.6. The van der Waals surface area contributed by atoms with Gasteiger partial charge in [0.1, 0.15) is 0 Å². The zero-order valence-electron chi connectivity index (χ0n) is 10.2. The molecule has 0 aromatic carbocycles. The first-order valence-corrected chi connectivity index (χ1v) is 6.18. The second-order valence-electron chi connectivity index (χ2n) is 4.50. The van der Waals surface area contributed by atoms with Crippen molar-refractivity contribution < 1.29 is 0 Å². The molecule has 0 saturated carbocycles. The van der Waals surface area contributed by atoms with Crippen LogP contribution in [0.4, 0.5) is 0 Å². The van der Waals surface area contributed by atoms with Gasteiger partial charge in [-0.2, -0.15) is 0 Å². The van der Waals surface area contributed by atoms with Crippen LogP contribution in [0.15, 0.2) is 0 Å². The molecule has 0 heterocycles. The maximum absolute atomic E-state index is 5.26. The minimum atomic E-state index is 0.899. The summed E-state index contributed by atoms with van der Waals surface area (Å²) in [5.41, 5.74) is 0. The fraction of sp³-hybridized carbons (Fsp3) is 0.857. The van der Waals surface area contributed by atoms with Gasteiger partial charge in [0.05, 0.1) is 0 Å². The van der Waals surface area contributed by atoms with Gasteiger partial charge in [0.25, 0.3) is 0 Å². The summed E-state index contributed by atoms with van der Waals surface area (Å²) in [4.78, 5) is 0. The van der Waals surface area contributed by atoms with Crippen LogP contribution in [-0.2, 0) is 0 Å². The van der Waals surface area contributed by atoms with Crippen LogP contribution in [0.2, 0.25) is 0 Å². The van der Waals surface area contributed by atoms with E-state index in [9.17, 15) is 0 Å². The van der Waals surface area contributed by atoms with Crippen LogP contribution < -0.4 is 0 Å². The Hall–Kier alpha value is -0.440. The molecule has 0 aromatic rings. The maximum Gasteiger partial charge on any atom is 0.00861 e. The van der Waals surface area contributed by atoms with E-state index in [1.807, 2.05) is 0 Å². The quantitative estimate of drug-likeness (QED) is 0.390. The average molecular weight is 194 g/mol. The van der Waals surface area contributed by atoms with E-state index in [2.05, 4.69) is 26.7 Å². The van der Waals surface area contributed by atoms with Gasteiger partial charge in [-0.15, -0.1) is 12.3 Å². The molecule has 0 rings (SSSR count). The van der Waals surface area contributed by atoms with Crippen molar-refractivity contribution in [2.45, 2.75) is 65.7 Å². The van der Waals surface area contributed by atoms with Gasteiger partial charge in [-0.05, 0) is 31.1 Å². The molecule has 0 aromatic heterocycles. The van der Waals surface area contributed by atoms with Crippen molar-refractivity contribution >= 4 is 0 Å². The largest absolute Gasteiger partial charge is 0.120 e. The van der Waals surface area contributed by atoms with E-state index >= 15 is 0 Å². The Morgan fingerprint density at radius 1 is 1.21 bits per heavy atom. The molecule has 0 aliphatic carbocycles. The third-order valence-corrected chi connectivity index (χ3v) is 3.03. The van der Waals surface area contributed by atoms with Crippen LogP contribution in [0.3, 0.4) is 0 Å². The molecule has 0 fully saturated rings. The van der Waals surface area contributed by atoms with Gasteiger partial charge in [-0.25, -0.2) is 0 Å². The molecule has 2 unspecified atom stereocenters. The topological polar surface area (TPSA) is 0 Å². The number of hydrogen-bond donors (Lipinski definition) is 0. The molecule has 14 heavy (non-hydrogen) atoms. The molecule has 0 amide bonds. The monoisotopic (exact) mass is 194 g/mol. The van der Waals surface area contributed by atoms with E-state index in [4.69, 9.17) is 6.42 Å². The van der Waals surface area contributed by atoms with Gasteiger partial charge < -0.3 is 0 Å². The highest BCUT2D eigenvalue weighted by Crippen LogP contribution is 2.23. The minimum absolute atomic E-state index is 0.899. The lowest BCUT2D eigenvalue weighted by molar-refractivity contribution is 0.340. The highest BCUT2D eigenvalue weighted by Gasteiger charge is 2.10. The van der Waals surface area contributed by atoms with E-state index in [0.717, 1.165) is 18.3 Å². The van der Waals surface area contributed by atoms with E-state index in [-0.39, 0.29) is 0 Å². The number of unbranched alkanes of at least 4 members (excludes halogenated alkanes) is 1. The van der Waals surface area contributed by atoms with Crippen molar-refractivity contribution in [2.24, 2.45) is 11.8 Å². The summed E-state index contributed by atoms with van der Waals surface area (Å²) in [6, 6.07) is 0. The molecule has 0 N–H and O–H groups in total. The predicted molar refractivity (Wildman–Crippen MR) is 65.2 cm³/mol. The molecule has 0 heteroatoms. The van der Waals surface area contributed by atoms with Crippen LogP contribution in [0, 0.1) is 24.2 Å². The van der Waals surface area contributed by atoms with Gasteiger partial charge in [0.2, 0.25) is 0 Å². The molecule has 0 bridgehead atoms. The Balaban J connectivity index is 3.62. The van der Waals surface area contributed by atoms with Crippen molar-refractivity contribution in [2.75, 3.05) is 0 Å². The Morgan fingerprint density at radius 3 is 2.43 bits per heavy atom. The van der Waals surface area contributed by atoms with Gasteiger partial charge in [-0.3, -0.25) is 0 Å². The number of hydrogen-bond acceptors (Lipinski definition) is 0. The zero-order chi connectivity index (χ0) is 10.8. The zero-order valence-corrected chi connectivity index (χ0v) is 10.2. The van der Waals surface area contributed by atoms with Crippen molar-refractivity contribution in [1.29, 1.82) is 0 Å². The molecule has 82 valence electrons. The summed E-state index contributed by atoms with van der Waals surface area (Å²) >= 11 is 0. The fourth-order valence-corrected chi connectivity index (χ4v) is 2.16. The summed E-state index contributed by atoms with van der Waals surface area (Å²) in [5.74, 6) is 4.53. The Labute approximate surface area is 90.5 Å². The van der Waals surface area contributed by atoms with E-state index in [1.54, 1.807) is 0 Å². The average Bonchev–Trinajstić information content (AvgIpc) is 2.17. The second kappa shape index (κ2) is 9.13. The van der Waals surface area contributed by atoms with E-state index < -0.39 is 0 Å². The SMILES string of the molecule is C#CCCCC(CC)CC(C)CCC. The summed E-state index contributed by atoms with van der Waals surface area (Å²) < 4.78 is 0. The Bertz CT molecular complexity index is 152. The number of rotatable bonds is 8. The second-order valence-corrected chi connectivity index (χ2v) is 4.50. The lowest BCUT2D eigenvalue weighted by Crippen LogP contribution is -2.05. The van der Waals surface area contributed by atoms with Crippen LogP contribution in [0.5, 0.6) is 0 Å². The summed E-state index contributed by atoms with van der Waals surface area (Å²) in [7, 11) is 0. The highest BCUT2D eigenvalue weighted by molar-refractivity contribution is 4.83. The molecule has 0 spiro atoms. The van der Waals surface area contributed by atoms with E-state index in [1.165, 1.54) is 38.5 Å². The smallest absolute Gasteiger partial charge is 0.00861 e. The summed E-state index contributed by atoms with van der Waals surface area (Å²) in [5, 5.41) is 0. The lowest BCUT2D eigenvalue weighted by atomic mass is 9.87. The molecule has 0 aliphatic heterocycles. The molecule has 0 nitrogen and oxygen atoms in total. The first-order chi connectivity index (χ1) is 6.74. The van der Waals surface area contributed by atoms with Crippen molar-refractivity contribution in [3.8, 4) is 12.3 Å². The lowest BCUT2D eigenvalue weighted by Gasteiger charge is -2.18. The molecule has 0 radical (unpaired) electrons. The molecular weight excluding hydrogens is 168 g/mol. The molecule has 0 aliphatic rings. The van der Waals surface area contributed by atoms with E-state index in [0.29, 0.717) is 0 Å². The Kier molecular flexibility index (Phi) is 8.84.